The van der Waals surface area contributed by atoms with Crippen LogP contribution in [0, 0.1) is 6.92 Å². The average molecular weight is 287 g/mol. The molecule has 1 unspecified atom stereocenters. The van der Waals surface area contributed by atoms with Gasteiger partial charge in [-0.25, -0.2) is 0 Å². The number of hydrogen-bond donors (Lipinski definition) is 0. The van der Waals surface area contributed by atoms with Gasteiger partial charge in [0.25, 0.3) is 0 Å². The number of hydrogen-bond acceptors (Lipinski definition) is 5. The standard InChI is InChI=1S/C15H17N3O3/c1-11-8-12(21-17-11)9-15(19)18-6-7-20-14(10-18)13-4-2-3-5-16-13/h2-5,8,14H,6-7,9-10H2,1H3. The Balaban J connectivity index is 1.64. The van der Waals surface area contributed by atoms with Crippen molar-refractivity contribution in [2.24, 2.45) is 0 Å². The van der Waals surface area contributed by atoms with Gasteiger partial charge in [0.05, 0.1) is 31.0 Å². The molecule has 2 aromatic heterocycles. The van der Waals surface area contributed by atoms with E-state index in [-0.39, 0.29) is 18.4 Å². The summed E-state index contributed by atoms with van der Waals surface area (Å²) in [5, 5.41) is 3.80. The van der Waals surface area contributed by atoms with Gasteiger partial charge >= 0.3 is 0 Å². The van der Waals surface area contributed by atoms with Gasteiger partial charge in [-0.3, -0.25) is 9.78 Å². The average Bonchev–Trinajstić information content (AvgIpc) is 2.93. The van der Waals surface area contributed by atoms with Crippen molar-refractivity contribution in [3.8, 4) is 0 Å². The Labute approximate surface area is 122 Å². The molecule has 1 amide bonds. The van der Waals surface area contributed by atoms with Crippen LogP contribution in [0.15, 0.2) is 35.0 Å². The molecular weight excluding hydrogens is 270 g/mol. The Kier molecular flexibility index (Phi) is 3.96. The maximum atomic E-state index is 12.3. The molecule has 1 aliphatic heterocycles. The second kappa shape index (κ2) is 6.05. The minimum absolute atomic E-state index is 0.0235. The summed E-state index contributed by atoms with van der Waals surface area (Å²) < 4.78 is 10.8. The molecule has 110 valence electrons. The number of aryl methyl sites for hydroxylation is 1. The second-order valence-electron chi connectivity index (χ2n) is 5.07. The Bertz CT molecular complexity index is 612. The van der Waals surface area contributed by atoms with Crippen LogP contribution in [-0.2, 0) is 16.0 Å². The summed E-state index contributed by atoms with van der Waals surface area (Å²) in [5.41, 5.74) is 1.64. The van der Waals surface area contributed by atoms with Gasteiger partial charge in [-0.1, -0.05) is 11.2 Å². The van der Waals surface area contributed by atoms with Crippen LogP contribution in [0.4, 0.5) is 0 Å². The van der Waals surface area contributed by atoms with E-state index in [0.717, 1.165) is 11.4 Å². The lowest BCUT2D eigenvalue weighted by Crippen LogP contribution is -2.43. The molecule has 0 radical (unpaired) electrons. The van der Waals surface area contributed by atoms with E-state index in [1.807, 2.05) is 25.1 Å². The van der Waals surface area contributed by atoms with E-state index in [4.69, 9.17) is 9.26 Å². The SMILES string of the molecule is Cc1cc(CC(=O)N2CCOC(c3ccccn3)C2)on1. The van der Waals surface area contributed by atoms with Crippen molar-refractivity contribution in [3.63, 3.8) is 0 Å². The summed E-state index contributed by atoms with van der Waals surface area (Å²) in [6, 6.07) is 7.48. The van der Waals surface area contributed by atoms with Gasteiger partial charge in [0.15, 0.2) is 0 Å². The number of morpholine rings is 1. The summed E-state index contributed by atoms with van der Waals surface area (Å²) in [6.07, 6.45) is 1.80. The highest BCUT2D eigenvalue weighted by atomic mass is 16.5. The van der Waals surface area contributed by atoms with Crippen molar-refractivity contribution in [2.45, 2.75) is 19.4 Å². The van der Waals surface area contributed by atoms with Crippen molar-refractivity contribution in [2.75, 3.05) is 19.7 Å². The number of carbonyl (C=O) groups is 1. The molecule has 0 N–H and O–H groups in total. The number of nitrogens with zero attached hydrogens (tertiary/aromatic N) is 3. The summed E-state index contributed by atoms with van der Waals surface area (Å²) >= 11 is 0. The van der Waals surface area contributed by atoms with Crippen LogP contribution in [0.25, 0.3) is 0 Å². The molecule has 0 aromatic carbocycles. The molecule has 6 heteroatoms. The zero-order chi connectivity index (χ0) is 14.7. The van der Waals surface area contributed by atoms with Crippen LogP contribution in [0.2, 0.25) is 0 Å². The number of aromatic nitrogens is 2. The molecule has 1 saturated heterocycles. The minimum atomic E-state index is -0.166. The predicted molar refractivity (Wildman–Crippen MR) is 74.5 cm³/mol. The molecule has 1 fully saturated rings. The van der Waals surface area contributed by atoms with E-state index in [1.54, 1.807) is 17.2 Å². The number of carbonyl (C=O) groups excluding carboxylic acids is 1. The maximum Gasteiger partial charge on any atom is 0.230 e. The fraction of sp³-hybridized carbons (Fsp3) is 0.400. The minimum Gasteiger partial charge on any atom is -0.368 e. The lowest BCUT2D eigenvalue weighted by Gasteiger charge is -2.32. The number of rotatable bonds is 3. The van der Waals surface area contributed by atoms with Crippen molar-refractivity contribution in [1.29, 1.82) is 0 Å². The summed E-state index contributed by atoms with van der Waals surface area (Å²) in [4.78, 5) is 18.4. The molecule has 0 bridgehead atoms. The van der Waals surface area contributed by atoms with Crippen LogP contribution < -0.4 is 0 Å². The molecule has 2 aromatic rings. The molecule has 0 aliphatic carbocycles. The Morgan fingerprint density at radius 3 is 3.10 bits per heavy atom. The van der Waals surface area contributed by atoms with Gasteiger partial charge in [-0.05, 0) is 19.1 Å². The molecule has 1 aliphatic rings. The van der Waals surface area contributed by atoms with Crippen molar-refractivity contribution in [1.82, 2.24) is 15.0 Å². The summed E-state index contributed by atoms with van der Waals surface area (Å²) in [5.74, 6) is 0.619. The number of pyridine rings is 1. The lowest BCUT2D eigenvalue weighted by molar-refractivity contribution is -0.138. The molecule has 3 rings (SSSR count). The molecule has 0 saturated carbocycles. The van der Waals surface area contributed by atoms with Crippen molar-refractivity contribution in [3.05, 3.63) is 47.6 Å². The summed E-state index contributed by atoms with van der Waals surface area (Å²) in [7, 11) is 0. The van der Waals surface area contributed by atoms with Crippen molar-refractivity contribution >= 4 is 5.91 Å². The van der Waals surface area contributed by atoms with Gasteiger partial charge in [0, 0.05) is 18.8 Å². The van der Waals surface area contributed by atoms with Crippen LogP contribution in [0.3, 0.4) is 0 Å². The summed E-state index contributed by atoms with van der Waals surface area (Å²) in [6.45, 7) is 3.46. The maximum absolute atomic E-state index is 12.3. The molecular formula is C15H17N3O3. The normalized spacial score (nSPS) is 18.7. The van der Waals surface area contributed by atoms with Gasteiger partial charge in [-0.15, -0.1) is 0 Å². The van der Waals surface area contributed by atoms with E-state index in [1.165, 1.54) is 0 Å². The van der Waals surface area contributed by atoms with Gasteiger partial charge in [0.1, 0.15) is 11.9 Å². The first-order chi connectivity index (χ1) is 10.2. The largest absolute Gasteiger partial charge is 0.368 e. The van der Waals surface area contributed by atoms with E-state index >= 15 is 0 Å². The third kappa shape index (κ3) is 3.28. The molecule has 21 heavy (non-hydrogen) atoms. The van der Waals surface area contributed by atoms with E-state index in [2.05, 4.69) is 10.1 Å². The molecule has 3 heterocycles. The third-order valence-electron chi connectivity index (χ3n) is 3.44. The van der Waals surface area contributed by atoms with E-state index in [9.17, 15) is 4.79 Å². The quantitative estimate of drug-likeness (QED) is 0.856. The highest BCUT2D eigenvalue weighted by Gasteiger charge is 2.26. The zero-order valence-corrected chi connectivity index (χ0v) is 11.9. The van der Waals surface area contributed by atoms with Gasteiger partial charge < -0.3 is 14.2 Å². The number of amides is 1. The smallest absolute Gasteiger partial charge is 0.230 e. The van der Waals surface area contributed by atoms with Crippen LogP contribution in [0.5, 0.6) is 0 Å². The molecule has 1 atom stereocenters. The molecule has 0 spiro atoms. The van der Waals surface area contributed by atoms with E-state index in [0.29, 0.717) is 25.5 Å². The van der Waals surface area contributed by atoms with Gasteiger partial charge in [-0.2, -0.15) is 0 Å². The van der Waals surface area contributed by atoms with Crippen LogP contribution in [0.1, 0.15) is 23.3 Å². The highest BCUT2D eigenvalue weighted by molar-refractivity contribution is 5.78. The highest BCUT2D eigenvalue weighted by Crippen LogP contribution is 2.20. The first kappa shape index (κ1) is 13.8. The Morgan fingerprint density at radius 1 is 1.48 bits per heavy atom. The van der Waals surface area contributed by atoms with Crippen LogP contribution >= 0.6 is 0 Å². The van der Waals surface area contributed by atoms with Crippen LogP contribution in [-0.4, -0.2) is 40.6 Å². The molecule has 6 nitrogen and oxygen atoms in total. The fourth-order valence-corrected chi connectivity index (χ4v) is 2.38. The fourth-order valence-electron chi connectivity index (χ4n) is 2.38. The first-order valence-corrected chi connectivity index (χ1v) is 6.95. The number of ether oxygens (including phenoxy) is 1. The first-order valence-electron chi connectivity index (χ1n) is 6.95. The predicted octanol–water partition coefficient (Wildman–Crippen LogP) is 1.52. The monoisotopic (exact) mass is 287 g/mol. The third-order valence-corrected chi connectivity index (χ3v) is 3.44. The van der Waals surface area contributed by atoms with E-state index < -0.39 is 0 Å². The second-order valence-corrected chi connectivity index (χ2v) is 5.07. The topological polar surface area (TPSA) is 68.5 Å². The van der Waals surface area contributed by atoms with Crippen molar-refractivity contribution < 1.29 is 14.1 Å². The van der Waals surface area contributed by atoms with Gasteiger partial charge in [0.2, 0.25) is 5.91 Å². The Hall–Kier alpha value is -2.21. The Morgan fingerprint density at radius 2 is 2.38 bits per heavy atom. The zero-order valence-electron chi connectivity index (χ0n) is 11.9. The lowest BCUT2D eigenvalue weighted by atomic mass is 10.1.